The molecule has 2 amide bonds. The molecule has 208 valence electrons. The van der Waals surface area contributed by atoms with Crippen LogP contribution in [0.2, 0.25) is 0 Å². The maximum atomic E-state index is 11.6. The summed E-state index contributed by atoms with van der Waals surface area (Å²) in [5, 5.41) is 5.63. The van der Waals surface area contributed by atoms with Crippen molar-refractivity contribution in [2.45, 2.75) is 116 Å². The van der Waals surface area contributed by atoms with Gasteiger partial charge in [-0.25, -0.2) is 9.59 Å². The Balaban J connectivity index is 0.000000360. The fraction of sp³-hybridized carbons (Fsp3) is 0.846. The lowest BCUT2D eigenvalue weighted by Gasteiger charge is -2.29. The second-order valence-corrected chi connectivity index (χ2v) is 11.5. The summed E-state index contributed by atoms with van der Waals surface area (Å²) in [6.45, 7) is 10.9. The zero-order chi connectivity index (χ0) is 27.5. The van der Waals surface area contributed by atoms with Crippen LogP contribution in [0.15, 0.2) is 0 Å². The van der Waals surface area contributed by atoms with E-state index in [0.717, 1.165) is 38.5 Å². The van der Waals surface area contributed by atoms with Crippen LogP contribution >= 0.6 is 0 Å². The summed E-state index contributed by atoms with van der Waals surface area (Å²) >= 11 is 0. The molecular formula is C26H46N2O8. The predicted molar refractivity (Wildman–Crippen MR) is 134 cm³/mol. The molecule has 2 fully saturated rings. The van der Waals surface area contributed by atoms with Crippen LogP contribution in [-0.2, 0) is 28.5 Å². The predicted octanol–water partition coefficient (Wildman–Crippen LogP) is 4.49. The number of rotatable bonds is 4. The van der Waals surface area contributed by atoms with Gasteiger partial charge in [0.2, 0.25) is 0 Å². The maximum Gasteiger partial charge on any atom is 0.407 e. The zero-order valence-corrected chi connectivity index (χ0v) is 23.2. The Kier molecular flexibility index (Phi) is 12.5. The van der Waals surface area contributed by atoms with Crippen molar-refractivity contribution < 1.29 is 38.1 Å². The highest BCUT2D eigenvalue weighted by atomic mass is 16.6. The highest BCUT2D eigenvalue weighted by Gasteiger charge is 2.31. The van der Waals surface area contributed by atoms with Gasteiger partial charge in [-0.2, -0.15) is 0 Å². The SMILES string of the molecule is COC(=O)[C@@H]1CCC[C@H](NC(=O)OC(C)(C)C)C1.COC(=O)[C@H]1CCC[C@@H](NC(=O)OC(C)(C)C)C1. The van der Waals surface area contributed by atoms with Crippen molar-refractivity contribution in [3.63, 3.8) is 0 Å². The van der Waals surface area contributed by atoms with E-state index in [2.05, 4.69) is 10.6 Å². The second kappa shape index (κ2) is 14.3. The summed E-state index contributed by atoms with van der Waals surface area (Å²) in [5.74, 6) is -0.594. The molecule has 4 atom stereocenters. The van der Waals surface area contributed by atoms with E-state index in [-0.39, 0.29) is 35.9 Å². The highest BCUT2D eigenvalue weighted by molar-refractivity contribution is 5.73. The van der Waals surface area contributed by atoms with E-state index in [4.69, 9.17) is 18.9 Å². The van der Waals surface area contributed by atoms with Crippen LogP contribution in [-0.4, -0.2) is 61.6 Å². The molecule has 10 nitrogen and oxygen atoms in total. The first kappa shape index (κ1) is 31.5. The fourth-order valence-corrected chi connectivity index (χ4v) is 4.35. The van der Waals surface area contributed by atoms with Gasteiger partial charge in [-0.3, -0.25) is 9.59 Å². The first-order valence-electron chi connectivity index (χ1n) is 12.8. The molecule has 0 saturated heterocycles. The number of methoxy groups -OCH3 is 2. The number of hydrogen-bond acceptors (Lipinski definition) is 8. The summed E-state index contributed by atoms with van der Waals surface area (Å²) in [7, 11) is 2.79. The number of esters is 2. The molecule has 0 spiro atoms. The number of ether oxygens (including phenoxy) is 4. The van der Waals surface area contributed by atoms with Crippen molar-refractivity contribution in [2.75, 3.05) is 14.2 Å². The number of nitrogens with one attached hydrogen (secondary N) is 2. The Morgan fingerprint density at radius 2 is 0.944 bits per heavy atom. The van der Waals surface area contributed by atoms with E-state index in [1.54, 1.807) is 0 Å². The molecule has 0 aliphatic heterocycles. The normalized spacial score (nSPS) is 24.2. The lowest BCUT2D eigenvalue weighted by Crippen LogP contribution is -2.42. The first-order chi connectivity index (χ1) is 16.6. The van der Waals surface area contributed by atoms with Gasteiger partial charge >= 0.3 is 24.1 Å². The van der Waals surface area contributed by atoms with E-state index >= 15 is 0 Å². The van der Waals surface area contributed by atoms with Crippen LogP contribution < -0.4 is 10.6 Å². The van der Waals surface area contributed by atoms with E-state index in [1.807, 2.05) is 41.5 Å². The molecule has 10 heteroatoms. The topological polar surface area (TPSA) is 129 Å². The van der Waals surface area contributed by atoms with Crippen molar-refractivity contribution in [2.24, 2.45) is 11.8 Å². The molecular weight excluding hydrogens is 468 g/mol. The summed E-state index contributed by atoms with van der Waals surface area (Å²) in [4.78, 5) is 46.2. The van der Waals surface area contributed by atoms with Crippen molar-refractivity contribution in [1.82, 2.24) is 10.6 Å². The van der Waals surface area contributed by atoms with Gasteiger partial charge in [-0.15, -0.1) is 0 Å². The molecule has 2 aliphatic rings. The molecule has 2 aliphatic carbocycles. The molecule has 2 saturated carbocycles. The third-order valence-electron chi connectivity index (χ3n) is 5.86. The van der Waals surface area contributed by atoms with Crippen molar-refractivity contribution >= 4 is 24.1 Å². The summed E-state index contributed by atoms with van der Waals surface area (Å²) in [5.41, 5.74) is -0.999. The van der Waals surface area contributed by atoms with Crippen LogP contribution in [0.1, 0.15) is 92.9 Å². The van der Waals surface area contributed by atoms with Gasteiger partial charge in [0.25, 0.3) is 0 Å². The zero-order valence-electron chi connectivity index (χ0n) is 23.2. The number of carbonyl (C=O) groups is 4. The number of amides is 2. The van der Waals surface area contributed by atoms with Crippen molar-refractivity contribution in [1.29, 1.82) is 0 Å². The summed E-state index contributed by atoms with van der Waals surface area (Å²) < 4.78 is 19.9. The fourth-order valence-electron chi connectivity index (χ4n) is 4.35. The third-order valence-corrected chi connectivity index (χ3v) is 5.86. The van der Waals surface area contributed by atoms with Gasteiger partial charge in [-0.1, -0.05) is 12.8 Å². The van der Waals surface area contributed by atoms with Crippen molar-refractivity contribution in [3.8, 4) is 0 Å². The molecule has 2 N–H and O–H groups in total. The second-order valence-electron chi connectivity index (χ2n) is 11.5. The average molecular weight is 515 g/mol. The molecule has 0 bridgehead atoms. The Morgan fingerprint density at radius 1 is 0.611 bits per heavy atom. The smallest absolute Gasteiger partial charge is 0.407 e. The molecule has 2 rings (SSSR count). The van der Waals surface area contributed by atoms with Gasteiger partial charge in [0, 0.05) is 12.1 Å². The Bertz CT molecular complexity index is 679. The largest absolute Gasteiger partial charge is 0.469 e. The monoisotopic (exact) mass is 514 g/mol. The van der Waals surface area contributed by atoms with Crippen LogP contribution in [0.5, 0.6) is 0 Å². The third kappa shape index (κ3) is 13.0. The lowest BCUT2D eigenvalue weighted by atomic mass is 9.86. The van der Waals surface area contributed by atoms with Gasteiger partial charge < -0.3 is 29.6 Å². The Labute approximate surface area is 215 Å². The minimum Gasteiger partial charge on any atom is -0.469 e. The Hall–Kier alpha value is -2.52. The number of alkyl carbamates (subject to hydrolysis) is 2. The van der Waals surface area contributed by atoms with E-state index in [1.165, 1.54) is 14.2 Å². The van der Waals surface area contributed by atoms with Gasteiger partial charge in [0.15, 0.2) is 0 Å². The summed E-state index contributed by atoms with van der Waals surface area (Å²) in [6.07, 6.45) is 5.69. The van der Waals surface area contributed by atoms with Crippen LogP contribution in [0.25, 0.3) is 0 Å². The van der Waals surface area contributed by atoms with Crippen molar-refractivity contribution in [3.05, 3.63) is 0 Å². The maximum absolute atomic E-state index is 11.6. The molecule has 0 aromatic heterocycles. The average Bonchev–Trinajstić information content (AvgIpc) is 2.76. The molecule has 0 aromatic carbocycles. The van der Waals surface area contributed by atoms with Crippen LogP contribution in [0.3, 0.4) is 0 Å². The minimum absolute atomic E-state index is 0.00213. The van der Waals surface area contributed by atoms with Gasteiger partial charge in [-0.05, 0) is 80.1 Å². The van der Waals surface area contributed by atoms with Crippen LogP contribution in [0, 0.1) is 11.8 Å². The molecule has 0 unspecified atom stereocenters. The quantitative estimate of drug-likeness (QED) is 0.415. The first-order valence-corrected chi connectivity index (χ1v) is 12.8. The van der Waals surface area contributed by atoms with E-state index < -0.39 is 23.4 Å². The minimum atomic E-state index is -0.500. The molecule has 36 heavy (non-hydrogen) atoms. The molecule has 0 radical (unpaired) electrons. The molecule has 0 aromatic rings. The number of carbonyl (C=O) groups excluding carboxylic acids is 4. The standard InChI is InChI=1S/2C13H23NO4/c2*1-13(2,3)18-12(16)14-10-7-5-6-9(8-10)11(15)17-4/h2*9-10H,5-8H2,1-4H3,(H,14,16)/t2*9-,10+/m10/s1. The van der Waals surface area contributed by atoms with E-state index in [9.17, 15) is 19.2 Å². The van der Waals surface area contributed by atoms with Gasteiger partial charge in [0.05, 0.1) is 26.1 Å². The van der Waals surface area contributed by atoms with Gasteiger partial charge in [0.1, 0.15) is 11.2 Å². The Morgan fingerprint density at radius 3 is 1.22 bits per heavy atom. The molecule has 0 heterocycles. The van der Waals surface area contributed by atoms with E-state index in [0.29, 0.717) is 12.8 Å². The van der Waals surface area contributed by atoms with Crippen LogP contribution in [0.4, 0.5) is 9.59 Å². The number of hydrogen-bond donors (Lipinski definition) is 2. The highest BCUT2D eigenvalue weighted by Crippen LogP contribution is 2.26. The lowest BCUT2D eigenvalue weighted by molar-refractivity contribution is -0.147. The summed E-state index contributed by atoms with van der Waals surface area (Å²) in [6, 6.07) is -0.00426.